The fourth-order valence-corrected chi connectivity index (χ4v) is 2.42. The minimum atomic E-state index is -0.237. The average molecular weight is 380 g/mol. The van der Waals surface area contributed by atoms with Gasteiger partial charge in [-0.2, -0.15) is 0 Å². The second-order valence-electron chi connectivity index (χ2n) is 5.36. The first-order valence-corrected chi connectivity index (χ1v) is 8.62. The van der Waals surface area contributed by atoms with Crippen molar-refractivity contribution >= 4 is 46.4 Å². The Labute approximate surface area is 156 Å². The summed E-state index contributed by atoms with van der Waals surface area (Å²) in [5.41, 5.74) is 1.75. The van der Waals surface area contributed by atoms with Gasteiger partial charge < -0.3 is 16.0 Å². The molecule has 0 radical (unpaired) electrons. The molecule has 0 aromatic heterocycles. The Morgan fingerprint density at radius 2 is 1.76 bits per heavy atom. The van der Waals surface area contributed by atoms with Gasteiger partial charge in [0.25, 0.3) is 5.91 Å². The van der Waals surface area contributed by atoms with E-state index in [2.05, 4.69) is 16.0 Å². The van der Waals surface area contributed by atoms with Gasteiger partial charge in [-0.05, 0) is 48.9 Å². The third kappa shape index (κ3) is 5.96. The molecule has 0 aliphatic heterocycles. The summed E-state index contributed by atoms with van der Waals surface area (Å²) >= 11 is 11.9. The largest absolute Gasteiger partial charge is 0.375 e. The highest BCUT2D eigenvalue weighted by molar-refractivity contribution is 6.35. The first-order valence-electron chi connectivity index (χ1n) is 7.86. The Kier molecular flexibility index (Phi) is 7.10. The van der Waals surface area contributed by atoms with E-state index in [0.29, 0.717) is 33.5 Å². The van der Waals surface area contributed by atoms with Crippen LogP contribution in [0.15, 0.2) is 42.5 Å². The number of hydrogen-bond donors (Lipinski definition) is 3. The number of halogens is 2. The van der Waals surface area contributed by atoms with E-state index in [1.54, 1.807) is 42.5 Å². The first-order chi connectivity index (χ1) is 12.0. The molecule has 25 heavy (non-hydrogen) atoms. The van der Waals surface area contributed by atoms with E-state index in [-0.39, 0.29) is 18.4 Å². The highest BCUT2D eigenvalue weighted by Crippen LogP contribution is 2.25. The monoisotopic (exact) mass is 379 g/mol. The van der Waals surface area contributed by atoms with Gasteiger partial charge in [-0.1, -0.05) is 30.1 Å². The van der Waals surface area contributed by atoms with Gasteiger partial charge in [-0.3, -0.25) is 9.59 Å². The van der Waals surface area contributed by atoms with Crippen LogP contribution in [0, 0.1) is 0 Å². The summed E-state index contributed by atoms with van der Waals surface area (Å²) in [7, 11) is 0. The van der Waals surface area contributed by atoms with E-state index in [9.17, 15) is 9.59 Å². The van der Waals surface area contributed by atoms with E-state index >= 15 is 0 Å². The van der Waals surface area contributed by atoms with Crippen LogP contribution in [0.2, 0.25) is 10.0 Å². The molecule has 0 aliphatic rings. The first kappa shape index (κ1) is 19.1. The van der Waals surface area contributed by atoms with Crippen molar-refractivity contribution < 1.29 is 9.59 Å². The molecule has 0 spiro atoms. The van der Waals surface area contributed by atoms with E-state index in [4.69, 9.17) is 23.2 Å². The molecule has 2 rings (SSSR count). The molecular formula is C18H19Cl2N3O2. The lowest BCUT2D eigenvalue weighted by atomic mass is 10.2. The summed E-state index contributed by atoms with van der Waals surface area (Å²) in [6, 6.07) is 11.7. The van der Waals surface area contributed by atoms with Crippen molar-refractivity contribution in [2.45, 2.75) is 13.3 Å². The average Bonchev–Trinajstić information content (AvgIpc) is 2.61. The van der Waals surface area contributed by atoms with Gasteiger partial charge in [-0.15, -0.1) is 0 Å². The minimum Gasteiger partial charge on any atom is -0.375 e. The van der Waals surface area contributed by atoms with Crippen LogP contribution in [-0.4, -0.2) is 24.9 Å². The highest BCUT2D eigenvalue weighted by atomic mass is 35.5. The van der Waals surface area contributed by atoms with Gasteiger partial charge in [0.1, 0.15) is 0 Å². The van der Waals surface area contributed by atoms with Gasteiger partial charge in [0, 0.05) is 22.8 Å². The van der Waals surface area contributed by atoms with Crippen molar-refractivity contribution in [2.75, 3.05) is 23.7 Å². The standard InChI is InChI=1S/C18H19Cl2N3O2/c1-2-9-21-18(25)12-3-6-14(7-4-12)23-17(24)11-22-16-10-13(19)5-8-15(16)20/h3-8,10,22H,2,9,11H2,1H3,(H,21,25)(H,23,24). The molecule has 132 valence electrons. The molecule has 0 aliphatic carbocycles. The number of hydrogen-bond acceptors (Lipinski definition) is 3. The van der Waals surface area contributed by atoms with E-state index in [0.717, 1.165) is 6.42 Å². The molecule has 0 saturated carbocycles. The third-order valence-electron chi connectivity index (χ3n) is 3.33. The van der Waals surface area contributed by atoms with Crippen LogP contribution >= 0.6 is 23.2 Å². The molecule has 2 aromatic carbocycles. The molecule has 0 heterocycles. The minimum absolute atomic E-state index is 0.0405. The second kappa shape index (κ2) is 9.30. The topological polar surface area (TPSA) is 70.2 Å². The van der Waals surface area contributed by atoms with E-state index in [1.807, 2.05) is 6.92 Å². The van der Waals surface area contributed by atoms with Crippen LogP contribution in [0.3, 0.4) is 0 Å². The van der Waals surface area contributed by atoms with Crippen molar-refractivity contribution in [1.82, 2.24) is 5.32 Å². The maximum atomic E-state index is 12.0. The zero-order chi connectivity index (χ0) is 18.2. The Balaban J connectivity index is 1.88. The van der Waals surface area contributed by atoms with Crippen LogP contribution < -0.4 is 16.0 Å². The highest BCUT2D eigenvalue weighted by Gasteiger charge is 2.07. The van der Waals surface area contributed by atoms with Gasteiger partial charge in [-0.25, -0.2) is 0 Å². The molecule has 0 bridgehead atoms. The second-order valence-corrected chi connectivity index (χ2v) is 6.20. The Hall–Kier alpha value is -2.24. The van der Waals surface area contributed by atoms with Crippen LogP contribution in [0.1, 0.15) is 23.7 Å². The summed E-state index contributed by atoms with van der Waals surface area (Å²) < 4.78 is 0. The zero-order valence-corrected chi connectivity index (χ0v) is 15.2. The summed E-state index contributed by atoms with van der Waals surface area (Å²) in [5.74, 6) is -0.365. The fraction of sp³-hybridized carbons (Fsp3) is 0.222. The van der Waals surface area contributed by atoms with Gasteiger partial charge in [0.2, 0.25) is 5.91 Å². The molecule has 0 atom stereocenters. The van der Waals surface area contributed by atoms with Crippen LogP contribution in [0.25, 0.3) is 0 Å². The number of nitrogens with one attached hydrogen (secondary N) is 3. The quantitative estimate of drug-likeness (QED) is 0.675. The molecule has 5 nitrogen and oxygen atoms in total. The Morgan fingerprint density at radius 3 is 2.44 bits per heavy atom. The molecule has 0 saturated heterocycles. The predicted molar refractivity (Wildman–Crippen MR) is 103 cm³/mol. The van der Waals surface area contributed by atoms with Gasteiger partial charge in [0.15, 0.2) is 0 Å². The number of benzene rings is 2. The number of carbonyl (C=O) groups is 2. The van der Waals surface area contributed by atoms with Crippen molar-refractivity contribution in [3.05, 3.63) is 58.1 Å². The van der Waals surface area contributed by atoms with Gasteiger partial charge >= 0.3 is 0 Å². The van der Waals surface area contributed by atoms with Crippen molar-refractivity contribution in [3.8, 4) is 0 Å². The third-order valence-corrected chi connectivity index (χ3v) is 3.90. The lowest BCUT2D eigenvalue weighted by Gasteiger charge is -2.10. The fourth-order valence-electron chi connectivity index (χ4n) is 2.06. The normalized spacial score (nSPS) is 10.2. The number of carbonyl (C=O) groups excluding carboxylic acids is 2. The summed E-state index contributed by atoms with van der Waals surface area (Å²) in [6.07, 6.45) is 0.878. The van der Waals surface area contributed by atoms with E-state index in [1.165, 1.54) is 0 Å². The molecular weight excluding hydrogens is 361 g/mol. The maximum Gasteiger partial charge on any atom is 0.251 e. The molecule has 2 amide bonds. The lowest BCUT2D eigenvalue weighted by Crippen LogP contribution is -2.24. The van der Waals surface area contributed by atoms with Crippen molar-refractivity contribution in [2.24, 2.45) is 0 Å². The molecule has 0 unspecified atom stereocenters. The SMILES string of the molecule is CCCNC(=O)c1ccc(NC(=O)CNc2cc(Cl)ccc2Cl)cc1. The number of anilines is 2. The molecule has 3 N–H and O–H groups in total. The summed E-state index contributed by atoms with van der Waals surface area (Å²) in [5, 5.41) is 9.50. The molecule has 2 aromatic rings. The smallest absolute Gasteiger partial charge is 0.251 e. The number of amides is 2. The van der Waals surface area contributed by atoms with Crippen molar-refractivity contribution in [3.63, 3.8) is 0 Å². The summed E-state index contributed by atoms with van der Waals surface area (Å²) in [6.45, 7) is 2.66. The predicted octanol–water partition coefficient (Wildman–Crippen LogP) is 4.18. The maximum absolute atomic E-state index is 12.0. The molecule has 7 heteroatoms. The summed E-state index contributed by atoms with van der Waals surface area (Å²) in [4.78, 5) is 23.8. The van der Waals surface area contributed by atoms with E-state index < -0.39 is 0 Å². The molecule has 0 fully saturated rings. The Bertz CT molecular complexity index is 748. The zero-order valence-electron chi connectivity index (χ0n) is 13.7. The van der Waals surface area contributed by atoms with Crippen LogP contribution in [0.5, 0.6) is 0 Å². The van der Waals surface area contributed by atoms with Crippen LogP contribution in [-0.2, 0) is 4.79 Å². The van der Waals surface area contributed by atoms with Crippen LogP contribution in [0.4, 0.5) is 11.4 Å². The van der Waals surface area contributed by atoms with Gasteiger partial charge in [0.05, 0.1) is 17.3 Å². The number of rotatable bonds is 7. The lowest BCUT2D eigenvalue weighted by molar-refractivity contribution is -0.114. The Morgan fingerprint density at radius 1 is 1.04 bits per heavy atom. The van der Waals surface area contributed by atoms with Crippen molar-refractivity contribution in [1.29, 1.82) is 0 Å².